The van der Waals surface area contributed by atoms with Crippen LogP contribution >= 0.6 is 0 Å². The predicted octanol–water partition coefficient (Wildman–Crippen LogP) is 0.830. The molecule has 0 spiro atoms. The van der Waals surface area contributed by atoms with Gasteiger partial charge in [-0.2, -0.15) is 0 Å². The average molecular weight is 212 g/mol. The van der Waals surface area contributed by atoms with Crippen molar-refractivity contribution in [1.82, 2.24) is 10.2 Å². The molecule has 2 N–H and O–H groups in total. The van der Waals surface area contributed by atoms with Gasteiger partial charge in [0, 0.05) is 31.3 Å². The predicted molar refractivity (Wildman–Crippen MR) is 61.8 cm³/mol. The molecule has 2 saturated heterocycles. The highest BCUT2D eigenvalue weighted by Crippen LogP contribution is 2.34. The van der Waals surface area contributed by atoms with Crippen LogP contribution in [0.15, 0.2) is 0 Å². The van der Waals surface area contributed by atoms with Crippen molar-refractivity contribution in [1.29, 1.82) is 0 Å². The highest BCUT2D eigenvalue weighted by Gasteiger charge is 2.37. The molecule has 3 unspecified atom stereocenters. The second-order valence-electron chi connectivity index (χ2n) is 5.41. The van der Waals surface area contributed by atoms with E-state index in [1.807, 2.05) is 0 Å². The molecule has 0 aromatic rings. The monoisotopic (exact) mass is 212 g/mol. The number of nitrogens with one attached hydrogen (secondary N) is 1. The molecule has 2 heterocycles. The zero-order valence-corrected chi connectivity index (χ0v) is 9.95. The molecule has 2 aliphatic rings. The van der Waals surface area contributed by atoms with E-state index in [-0.39, 0.29) is 0 Å². The van der Waals surface area contributed by atoms with E-state index in [1.165, 1.54) is 25.7 Å². The Bertz CT molecular complexity index is 196. The molecule has 88 valence electrons. The molecule has 2 rings (SSSR count). The van der Waals surface area contributed by atoms with Crippen LogP contribution in [-0.2, 0) is 0 Å². The molecule has 2 bridgehead atoms. The van der Waals surface area contributed by atoms with Gasteiger partial charge in [-0.05, 0) is 38.6 Å². The van der Waals surface area contributed by atoms with Crippen molar-refractivity contribution < 1.29 is 5.11 Å². The zero-order valence-electron chi connectivity index (χ0n) is 9.95. The van der Waals surface area contributed by atoms with Gasteiger partial charge in [-0.25, -0.2) is 0 Å². The highest BCUT2D eigenvalue weighted by atomic mass is 16.3. The van der Waals surface area contributed by atoms with Gasteiger partial charge in [0.05, 0.1) is 0 Å². The van der Waals surface area contributed by atoms with E-state index in [2.05, 4.69) is 24.2 Å². The van der Waals surface area contributed by atoms with Crippen molar-refractivity contribution in [2.75, 3.05) is 20.2 Å². The van der Waals surface area contributed by atoms with Crippen LogP contribution in [-0.4, -0.2) is 48.3 Å². The summed E-state index contributed by atoms with van der Waals surface area (Å²) in [5.41, 5.74) is 0. The molecule has 3 atom stereocenters. The number of nitrogens with zero attached hydrogens (tertiary/aromatic N) is 1. The first-order chi connectivity index (χ1) is 7.20. The SMILES string of the molecule is CC(CO)CNC1CC2CCC(C1)N2C. The Labute approximate surface area is 92.8 Å². The lowest BCUT2D eigenvalue weighted by Gasteiger charge is -2.37. The number of piperidine rings is 1. The first-order valence-corrected chi connectivity index (χ1v) is 6.27. The lowest BCUT2D eigenvalue weighted by atomic mass is 9.97. The molecule has 2 fully saturated rings. The summed E-state index contributed by atoms with van der Waals surface area (Å²) < 4.78 is 0. The molecule has 3 heteroatoms. The number of rotatable bonds is 4. The van der Waals surface area contributed by atoms with Crippen molar-refractivity contribution in [3.05, 3.63) is 0 Å². The number of hydrogen-bond acceptors (Lipinski definition) is 3. The third-order valence-corrected chi connectivity index (χ3v) is 4.16. The lowest BCUT2D eigenvalue weighted by Crippen LogP contribution is -2.48. The van der Waals surface area contributed by atoms with Crippen LogP contribution in [0.4, 0.5) is 0 Å². The summed E-state index contributed by atoms with van der Waals surface area (Å²) in [4.78, 5) is 2.56. The van der Waals surface area contributed by atoms with Gasteiger partial charge in [-0.15, -0.1) is 0 Å². The topological polar surface area (TPSA) is 35.5 Å². The second-order valence-corrected chi connectivity index (χ2v) is 5.41. The fraction of sp³-hybridized carbons (Fsp3) is 1.00. The molecule has 3 nitrogen and oxygen atoms in total. The van der Waals surface area contributed by atoms with Crippen LogP contribution in [0.25, 0.3) is 0 Å². The Kier molecular flexibility index (Phi) is 3.65. The second kappa shape index (κ2) is 4.81. The molecule has 0 aromatic carbocycles. The molecule has 0 aromatic heterocycles. The van der Waals surface area contributed by atoms with Gasteiger partial charge in [0.2, 0.25) is 0 Å². The Morgan fingerprint density at radius 2 is 1.93 bits per heavy atom. The molecule has 0 amide bonds. The summed E-state index contributed by atoms with van der Waals surface area (Å²) in [6.45, 7) is 3.35. The van der Waals surface area contributed by atoms with Gasteiger partial charge >= 0.3 is 0 Å². The smallest absolute Gasteiger partial charge is 0.0468 e. The fourth-order valence-corrected chi connectivity index (χ4v) is 3.01. The molecule has 0 aliphatic carbocycles. The van der Waals surface area contributed by atoms with Gasteiger partial charge < -0.3 is 15.3 Å². The maximum Gasteiger partial charge on any atom is 0.0468 e. The van der Waals surface area contributed by atoms with Crippen molar-refractivity contribution >= 4 is 0 Å². The summed E-state index contributed by atoms with van der Waals surface area (Å²) in [7, 11) is 2.27. The Morgan fingerprint density at radius 3 is 2.47 bits per heavy atom. The number of aliphatic hydroxyl groups is 1. The number of hydrogen-bond donors (Lipinski definition) is 2. The van der Waals surface area contributed by atoms with Gasteiger partial charge in [-0.3, -0.25) is 0 Å². The molecular formula is C12H24N2O. The van der Waals surface area contributed by atoms with Gasteiger partial charge in [0.25, 0.3) is 0 Å². The maximum atomic E-state index is 8.97. The standard InChI is InChI=1S/C12H24N2O/c1-9(8-15)7-13-10-5-11-3-4-12(6-10)14(11)2/h9-13,15H,3-8H2,1-2H3. The summed E-state index contributed by atoms with van der Waals surface area (Å²) in [5.74, 6) is 0.391. The van der Waals surface area contributed by atoms with Gasteiger partial charge in [0.15, 0.2) is 0 Å². The fourth-order valence-electron chi connectivity index (χ4n) is 3.01. The Hall–Kier alpha value is -0.120. The van der Waals surface area contributed by atoms with E-state index >= 15 is 0 Å². The zero-order chi connectivity index (χ0) is 10.8. The van der Waals surface area contributed by atoms with Crippen molar-refractivity contribution in [2.24, 2.45) is 5.92 Å². The Balaban J connectivity index is 1.77. The van der Waals surface area contributed by atoms with E-state index in [9.17, 15) is 0 Å². The van der Waals surface area contributed by atoms with Crippen LogP contribution < -0.4 is 5.32 Å². The minimum Gasteiger partial charge on any atom is -0.396 e. The highest BCUT2D eigenvalue weighted by molar-refractivity contribution is 4.95. The minimum absolute atomic E-state index is 0.298. The van der Waals surface area contributed by atoms with E-state index in [0.29, 0.717) is 18.6 Å². The largest absolute Gasteiger partial charge is 0.396 e. The number of fused-ring (bicyclic) bond motifs is 2. The van der Waals surface area contributed by atoms with E-state index in [1.54, 1.807) is 0 Å². The number of aliphatic hydroxyl groups excluding tert-OH is 1. The first-order valence-electron chi connectivity index (χ1n) is 6.27. The maximum absolute atomic E-state index is 8.97. The third-order valence-electron chi connectivity index (χ3n) is 4.16. The van der Waals surface area contributed by atoms with Gasteiger partial charge in [-0.1, -0.05) is 6.92 Å². The summed E-state index contributed by atoms with van der Waals surface area (Å²) in [6, 6.07) is 2.31. The van der Waals surface area contributed by atoms with Crippen LogP contribution in [0.3, 0.4) is 0 Å². The quantitative estimate of drug-likeness (QED) is 0.724. The lowest BCUT2D eigenvalue weighted by molar-refractivity contribution is 0.143. The molecule has 15 heavy (non-hydrogen) atoms. The van der Waals surface area contributed by atoms with Crippen LogP contribution in [0, 0.1) is 5.92 Å². The van der Waals surface area contributed by atoms with Crippen LogP contribution in [0.1, 0.15) is 32.6 Å². The van der Waals surface area contributed by atoms with E-state index < -0.39 is 0 Å². The minimum atomic E-state index is 0.298. The van der Waals surface area contributed by atoms with E-state index in [4.69, 9.17) is 5.11 Å². The van der Waals surface area contributed by atoms with Gasteiger partial charge in [0.1, 0.15) is 0 Å². The first kappa shape index (κ1) is 11.4. The molecule has 0 saturated carbocycles. The molecular weight excluding hydrogens is 188 g/mol. The Morgan fingerprint density at radius 1 is 1.33 bits per heavy atom. The van der Waals surface area contributed by atoms with Crippen LogP contribution in [0.5, 0.6) is 0 Å². The molecule has 2 aliphatic heterocycles. The summed E-state index contributed by atoms with van der Waals surface area (Å²) in [5, 5.41) is 12.6. The summed E-state index contributed by atoms with van der Waals surface area (Å²) in [6.07, 6.45) is 5.36. The summed E-state index contributed by atoms with van der Waals surface area (Å²) >= 11 is 0. The normalized spacial score (nSPS) is 38.2. The average Bonchev–Trinajstić information content (AvgIpc) is 2.50. The van der Waals surface area contributed by atoms with Crippen molar-refractivity contribution in [2.45, 2.75) is 50.7 Å². The van der Waals surface area contributed by atoms with Crippen LogP contribution in [0.2, 0.25) is 0 Å². The van der Waals surface area contributed by atoms with Crippen molar-refractivity contribution in [3.63, 3.8) is 0 Å². The van der Waals surface area contributed by atoms with E-state index in [0.717, 1.165) is 18.6 Å². The molecule has 0 radical (unpaired) electrons. The third kappa shape index (κ3) is 2.52. The van der Waals surface area contributed by atoms with Crippen molar-refractivity contribution in [3.8, 4) is 0 Å².